The fourth-order valence-corrected chi connectivity index (χ4v) is 2.68. The van der Waals surface area contributed by atoms with Gasteiger partial charge in [0.1, 0.15) is 11.4 Å². The first-order valence-electron chi connectivity index (χ1n) is 9.03. The average molecular weight is 390 g/mol. The van der Waals surface area contributed by atoms with Crippen LogP contribution in [-0.2, 0) is 9.53 Å². The van der Waals surface area contributed by atoms with Crippen LogP contribution in [0.25, 0.3) is 11.1 Å². The highest BCUT2D eigenvalue weighted by Gasteiger charge is 2.24. The number of ketones is 1. The van der Waals surface area contributed by atoms with Gasteiger partial charge in [0.25, 0.3) is 0 Å². The molecule has 0 spiro atoms. The van der Waals surface area contributed by atoms with Gasteiger partial charge in [-0.15, -0.1) is 0 Å². The van der Waals surface area contributed by atoms with Crippen molar-refractivity contribution in [1.82, 2.24) is 4.98 Å². The van der Waals surface area contributed by atoms with E-state index < -0.39 is 17.6 Å². The quantitative estimate of drug-likeness (QED) is 0.209. The number of Topliss-reactive ketones (excluding diaryl/α,β-unsaturated/α-hetero) is 1. The molecule has 3 rings (SSSR count). The van der Waals surface area contributed by atoms with Gasteiger partial charge in [0.05, 0.1) is 12.2 Å². The van der Waals surface area contributed by atoms with Crippen LogP contribution in [0.3, 0.4) is 0 Å². The summed E-state index contributed by atoms with van der Waals surface area (Å²) in [5.74, 6) is -2.30. The number of benzene rings is 2. The van der Waals surface area contributed by atoms with Crippen molar-refractivity contribution in [3.8, 4) is 11.1 Å². The van der Waals surface area contributed by atoms with Gasteiger partial charge in [-0.1, -0.05) is 24.3 Å². The Labute approximate surface area is 167 Å². The fraction of sp³-hybridized carbons (Fsp3) is 0.0870. The highest BCUT2D eigenvalue weighted by atomic mass is 19.1. The lowest BCUT2D eigenvalue weighted by atomic mass is 9.99. The maximum atomic E-state index is 14.7. The molecule has 1 aromatic heterocycles. The minimum Gasteiger partial charge on any atom is -0.462 e. The molecule has 0 unspecified atom stereocenters. The summed E-state index contributed by atoms with van der Waals surface area (Å²) in [6.45, 7) is 1.73. The summed E-state index contributed by atoms with van der Waals surface area (Å²) in [4.78, 5) is 29.1. The van der Waals surface area contributed by atoms with E-state index in [1.165, 1.54) is 18.3 Å². The molecule has 29 heavy (non-hydrogen) atoms. The summed E-state index contributed by atoms with van der Waals surface area (Å²) in [6, 6.07) is 16.7. The van der Waals surface area contributed by atoms with E-state index in [-0.39, 0.29) is 17.7 Å². The van der Waals surface area contributed by atoms with E-state index in [2.05, 4.69) is 10.3 Å². The Bertz CT molecular complexity index is 1030. The largest absolute Gasteiger partial charge is 0.462 e. The Hall–Kier alpha value is -3.80. The molecule has 5 nitrogen and oxygen atoms in total. The molecule has 1 N–H and O–H groups in total. The number of halogens is 1. The molecule has 0 atom stereocenters. The highest BCUT2D eigenvalue weighted by Crippen LogP contribution is 2.23. The van der Waals surface area contributed by atoms with Gasteiger partial charge in [0.2, 0.25) is 5.78 Å². The van der Waals surface area contributed by atoms with Gasteiger partial charge < -0.3 is 10.1 Å². The number of nitrogens with zero attached hydrogens (tertiary/aromatic N) is 1. The second-order valence-electron chi connectivity index (χ2n) is 6.05. The van der Waals surface area contributed by atoms with E-state index in [4.69, 9.17) is 4.74 Å². The Balaban J connectivity index is 1.91. The molecule has 0 amide bonds. The molecular formula is C23H19FN2O3. The molecular weight excluding hydrogens is 371 g/mol. The number of hydrogen-bond acceptors (Lipinski definition) is 5. The number of anilines is 1. The van der Waals surface area contributed by atoms with E-state index in [0.29, 0.717) is 11.3 Å². The number of carbonyl (C=O) groups is 2. The van der Waals surface area contributed by atoms with Crippen molar-refractivity contribution in [1.29, 1.82) is 0 Å². The molecule has 6 heteroatoms. The summed E-state index contributed by atoms with van der Waals surface area (Å²) in [5, 5.41) is 2.88. The Kier molecular flexibility index (Phi) is 6.47. The van der Waals surface area contributed by atoms with Crippen molar-refractivity contribution in [3.63, 3.8) is 0 Å². The minimum absolute atomic E-state index is 0.0955. The van der Waals surface area contributed by atoms with E-state index >= 15 is 0 Å². The molecule has 146 valence electrons. The van der Waals surface area contributed by atoms with Crippen LogP contribution in [0.1, 0.15) is 17.3 Å². The van der Waals surface area contributed by atoms with E-state index in [1.807, 2.05) is 6.07 Å². The number of para-hydroxylation sites is 1. The molecule has 2 aromatic carbocycles. The van der Waals surface area contributed by atoms with Gasteiger partial charge in [-0.2, -0.15) is 0 Å². The minimum atomic E-state index is -0.821. The van der Waals surface area contributed by atoms with Crippen molar-refractivity contribution in [2.75, 3.05) is 11.9 Å². The lowest BCUT2D eigenvalue weighted by Crippen LogP contribution is -2.18. The van der Waals surface area contributed by atoms with E-state index in [0.717, 1.165) is 5.56 Å². The predicted octanol–water partition coefficient (Wildman–Crippen LogP) is 4.63. The molecule has 0 bridgehead atoms. The molecule has 3 aromatic rings. The molecule has 0 aliphatic carbocycles. The van der Waals surface area contributed by atoms with Gasteiger partial charge in [-0.3, -0.25) is 9.78 Å². The highest BCUT2D eigenvalue weighted by molar-refractivity contribution is 6.24. The van der Waals surface area contributed by atoms with Crippen LogP contribution in [0.4, 0.5) is 10.1 Å². The Morgan fingerprint density at radius 1 is 1.03 bits per heavy atom. The van der Waals surface area contributed by atoms with Crippen LogP contribution >= 0.6 is 0 Å². The summed E-state index contributed by atoms with van der Waals surface area (Å²) < 4.78 is 19.7. The fourth-order valence-electron chi connectivity index (χ4n) is 2.68. The van der Waals surface area contributed by atoms with Crippen LogP contribution < -0.4 is 5.32 Å². The zero-order valence-electron chi connectivity index (χ0n) is 15.8. The first-order chi connectivity index (χ1) is 14.1. The lowest BCUT2D eigenvalue weighted by Gasteiger charge is -2.10. The maximum Gasteiger partial charge on any atom is 0.343 e. The van der Waals surface area contributed by atoms with Crippen molar-refractivity contribution in [2.24, 2.45) is 0 Å². The average Bonchev–Trinajstić information content (AvgIpc) is 2.75. The maximum absolute atomic E-state index is 14.7. The van der Waals surface area contributed by atoms with Gasteiger partial charge >= 0.3 is 5.97 Å². The van der Waals surface area contributed by atoms with Crippen LogP contribution in [0.15, 0.2) is 84.8 Å². The Morgan fingerprint density at radius 3 is 2.41 bits per heavy atom. The van der Waals surface area contributed by atoms with Crippen LogP contribution in [0.2, 0.25) is 0 Å². The molecule has 0 saturated heterocycles. The number of nitrogens with one attached hydrogen (secondary N) is 1. The zero-order chi connectivity index (χ0) is 20.6. The number of rotatable bonds is 7. The Morgan fingerprint density at radius 2 is 1.76 bits per heavy atom. The molecule has 0 saturated carbocycles. The number of ether oxygens (including phenoxy) is 1. The van der Waals surface area contributed by atoms with Crippen LogP contribution in [0.5, 0.6) is 0 Å². The summed E-state index contributed by atoms with van der Waals surface area (Å²) in [7, 11) is 0. The molecule has 0 radical (unpaired) electrons. The third kappa shape index (κ3) is 4.93. The van der Waals surface area contributed by atoms with Gasteiger partial charge in [-0.25, -0.2) is 9.18 Å². The van der Waals surface area contributed by atoms with Crippen molar-refractivity contribution in [3.05, 3.63) is 96.2 Å². The number of carbonyl (C=O) groups excluding carboxylic acids is 2. The molecule has 0 aliphatic rings. The third-order valence-corrected chi connectivity index (χ3v) is 4.12. The number of pyridine rings is 1. The van der Waals surface area contributed by atoms with Gasteiger partial charge in [-0.05, 0) is 54.4 Å². The van der Waals surface area contributed by atoms with Crippen molar-refractivity contribution < 1.29 is 18.7 Å². The molecule has 1 heterocycles. The zero-order valence-corrected chi connectivity index (χ0v) is 15.8. The smallest absolute Gasteiger partial charge is 0.343 e. The topological polar surface area (TPSA) is 68.3 Å². The summed E-state index contributed by atoms with van der Waals surface area (Å²) in [5.41, 5.74) is 1.55. The first-order valence-corrected chi connectivity index (χ1v) is 9.03. The monoisotopic (exact) mass is 390 g/mol. The van der Waals surface area contributed by atoms with Gasteiger partial charge in [0.15, 0.2) is 0 Å². The van der Waals surface area contributed by atoms with Crippen molar-refractivity contribution in [2.45, 2.75) is 6.92 Å². The normalized spacial score (nSPS) is 11.0. The first kappa shape index (κ1) is 19.9. The SMILES string of the molecule is CCOC(=O)C(=CNc1ccccc1)C(=O)c1ccc(-c2ccncc2)cc1F. The van der Waals surface area contributed by atoms with Crippen LogP contribution in [-0.4, -0.2) is 23.3 Å². The number of esters is 1. The van der Waals surface area contributed by atoms with E-state index in [9.17, 15) is 14.0 Å². The molecule has 0 aliphatic heterocycles. The number of hydrogen-bond donors (Lipinski definition) is 1. The van der Waals surface area contributed by atoms with E-state index in [1.54, 1.807) is 61.8 Å². The molecule has 0 fully saturated rings. The third-order valence-electron chi connectivity index (χ3n) is 4.12. The summed E-state index contributed by atoms with van der Waals surface area (Å²) >= 11 is 0. The number of aromatic nitrogens is 1. The second-order valence-corrected chi connectivity index (χ2v) is 6.05. The van der Waals surface area contributed by atoms with Crippen LogP contribution in [0, 0.1) is 5.82 Å². The standard InChI is InChI=1S/C23H19FN2O3/c1-2-29-23(28)20(15-26-18-6-4-3-5-7-18)22(27)19-9-8-17(14-21(19)24)16-10-12-25-13-11-16/h3-15,26H,2H2,1H3. The van der Waals surface area contributed by atoms with Crippen molar-refractivity contribution >= 4 is 17.4 Å². The van der Waals surface area contributed by atoms with Gasteiger partial charge in [0, 0.05) is 24.3 Å². The second kappa shape index (κ2) is 9.41. The lowest BCUT2D eigenvalue weighted by molar-refractivity contribution is -0.138. The summed E-state index contributed by atoms with van der Waals surface area (Å²) in [6.07, 6.45) is 4.44. The predicted molar refractivity (Wildman–Crippen MR) is 109 cm³/mol.